The molecule has 0 spiro atoms. The fraction of sp³-hybridized carbons (Fsp3) is 0.308. The molecule has 1 heterocycles. The number of nitrogens with one attached hydrogen (secondary N) is 3. The Kier molecular flexibility index (Phi) is 11.6. The lowest BCUT2D eigenvalue weighted by molar-refractivity contribution is -0.136. The Morgan fingerprint density at radius 3 is 2.73 bits per heavy atom. The highest BCUT2D eigenvalue weighted by molar-refractivity contribution is 14.1. The zero-order valence-corrected chi connectivity index (χ0v) is 26.1. The number of halogens is 2. The van der Waals surface area contributed by atoms with E-state index in [1.807, 2.05) is 18.2 Å². The van der Waals surface area contributed by atoms with Gasteiger partial charge in [-0.15, -0.1) is 0 Å². The standard InChI is InChI=1S/C26H27I2N5O7/c1-4-38-20-10-15(23-22(25(35)37-3)14(2)31-26(36)32-23)5-6-19(20)40-13-21(34)33-30-12-16-9-17(27)11-18(28)24(16)39-8-7-29/h5-6,9-12,21,23,33-34H,4,8,13H2,1-3H3,(H2,31,32,36)/b30-12+/t21-,23+/m0/s1. The molecule has 12 nitrogen and oxygen atoms in total. The predicted octanol–water partition coefficient (Wildman–Crippen LogP) is 3.32. The van der Waals surface area contributed by atoms with Gasteiger partial charge in [0.05, 0.1) is 35.1 Å². The summed E-state index contributed by atoms with van der Waals surface area (Å²) in [6, 6.07) is 9.45. The monoisotopic (exact) mass is 775 g/mol. The van der Waals surface area contributed by atoms with Crippen molar-refractivity contribution in [2.75, 3.05) is 26.9 Å². The molecule has 3 rings (SSSR count). The molecule has 0 saturated heterocycles. The maximum atomic E-state index is 12.4. The van der Waals surface area contributed by atoms with Gasteiger partial charge in [-0.3, -0.25) is 5.43 Å². The molecule has 0 aromatic heterocycles. The smallest absolute Gasteiger partial charge is 0.337 e. The van der Waals surface area contributed by atoms with Crippen LogP contribution in [0.1, 0.15) is 31.0 Å². The molecule has 0 radical (unpaired) electrons. The second-order valence-corrected chi connectivity index (χ2v) is 10.6. The van der Waals surface area contributed by atoms with Crippen LogP contribution in [0.2, 0.25) is 0 Å². The van der Waals surface area contributed by atoms with Crippen molar-refractivity contribution in [1.29, 1.82) is 5.26 Å². The molecule has 14 heteroatoms. The molecule has 212 valence electrons. The van der Waals surface area contributed by atoms with Crippen LogP contribution in [-0.2, 0) is 9.53 Å². The van der Waals surface area contributed by atoms with Gasteiger partial charge in [-0.2, -0.15) is 10.4 Å². The van der Waals surface area contributed by atoms with E-state index >= 15 is 0 Å². The van der Waals surface area contributed by atoms with E-state index in [2.05, 4.69) is 66.3 Å². The van der Waals surface area contributed by atoms with E-state index in [0.29, 0.717) is 40.7 Å². The quantitative estimate of drug-likeness (QED) is 0.0834. The lowest BCUT2D eigenvalue weighted by atomic mass is 9.95. The number of carbonyl (C=O) groups is 2. The van der Waals surface area contributed by atoms with Crippen molar-refractivity contribution in [1.82, 2.24) is 16.1 Å². The Balaban J connectivity index is 1.72. The van der Waals surface area contributed by atoms with Gasteiger partial charge in [0.15, 0.2) is 24.3 Å². The highest BCUT2D eigenvalue weighted by Gasteiger charge is 2.32. The number of ether oxygens (including phenoxy) is 4. The second kappa shape index (κ2) is 14.9. The Hall–Kier alpha value is -3.30. The van der Waals surface area contributed by atoms with Crippen molar-refractivity contribution in [3.8, 4) is 23.3 Å². The van der Waals surface area contributed by atoms with Gasteiger partial charge in [-0.05, 0) is 88.9 Å². The predicted molar refractivity (Wildman–Crippen MR) is 162 cm³/mol. The number of benzene rings is 2. The van der Waals surface area contributed by atoms with Gasteiger partial charge >= 0.3 is 12.0 Å². The molecule has 0 fully saturated rings. The number of aliphatic hydroxyl groups is 1. The van der Waals surface area contributed by atoms with E-state index in [1.54, 1.807) is 32.0 Å². The first-order valence-electron chi connectivity index (χ1n) is 11.9. The number of urea groups is 1. The van der Waals surface area contributed by atoms with Crippen molar-refractivity contribution >= 4 is 63.4 Å². The summed E-state index contributed by atoms with van der Waals surface area (Å²) in [5, 5.41) is 28.6. The SMILES string of the molecule is CCOc1cc([C@H]2NC(=O)NC(C)=C2C(=O)OC)ccc1OC[C@H](O)N/N=C/c1cc(I)cc(I)c1OCC#N. The number of hydrogen-bond acceptors (Lipinski definition) is 10. The van der Waals surface area contributed by atoms with Crippen molar-refractivity contribution in [3.05, 3.63) is 59.9 Å². The van der Waals surface area contributed by atoms with Crippen LogP contribution in [-0.4, -0.2) is 56.5 Å². The number of rotatable bonds is 12. The number of esters is 1. The van der Waals surface area contributed by atoms with Crippen LogP contribution in [0.5, 0.6) is 17.2 Å². The molecule has 0 unspecified atom stereocenters. The lowest BCUT2D eigenvalue weighted by Crippen LogP contribution is -2.45. The van der Waals surface area contributed by atoms with Gasteiger partial charge in [0.25, 0.3) is 0 Å². The van der Waals surface area contributed by atoms with Crippen LogP contribution in [0.25, 0.3) is 0 Å². The average molecular weight is 775 g/mol. The van der Waals surface area contributed by atoms with E-state index in [1.165, 1.54) is 13.3 Å². The number of aliphatic hydroxyl groups excluding tert-OH is 1. The summed E-state index contributed by atoms with van der Waals surface area (Å²) in [7, 11) is 1.27. The van der Waals surface area contributed by atoms with Gasteiger partial charge in [-0.25, -0.2) is 9.59 Å². The average Bonchev–Trinajstić information content (AvgIpc) is 2.91. The number of carbonyl (C=O) groups excluding carboxylic acids is 2. The first-order valence-corrected chi connectivity index (χ1v) is 14.1. The fourth-order valence-corrected chi connectivity index (χ4v) is 5.79. The highest BCUT2D eigenvalue weighted by Crippen LogP contribution is 2.35. The molecule has 2 atom stereocenters. The molecule has 2 aromatic carbocycles. The molecule has 1 aliphatic heterocycles. The maximum Gasteiger partial charge on any atom is 0.337 e. The number of nitrogens with zero attached hydrogens (tertiary/aromatic N) is 2. The van der Waals surface area contributed by atoms with Crippen LogP contribution < -0.4 is 30.3 Å². The largest absolute Gasteiger partial charge is 0.490 e. The van der Waals surface area contributed by atoms with Gasteiger partial charge in [-0.1, -0.05) is 6.07 Å². The number of nitriles is 1. The van der Waals surface area contributed by atoms with Gasteiger partial charge < -0.3 is 34.7 Å². The zero-order valence-electron chi connectivity index (χ0n) is 21.8. The van der Waals surface area contributed by atoms with Crippen LogP contribution >= 0.6 is 45.2 Å². The first kappa shape index (κ1) is 31.2. The second-order valence-electron chi connectivity index (χ2n) is 8.17. The van der Waals surface area contributed by atoms with E-state index in [4.69, 9.17) is 24.2 Å². The summed E-state index contributed by atoms with van der Waals surface area (Å²) in [5.41, 5.74) is 4.46. The Morgan fingerprint density at radius 2 is 2.02 bits per heavy atom. The number of hydrazone groups is 1. The lowest BCUT2D eigenvalue weighted by Gasteiger charge is -2.28. The summed E-state index contributed by atoms with van der Waals surface area (Å²) in [6.45, 7) is 3.47. The topological polar surface area (TPSA) is 164 Å². The zero-order chi connectivity index (χ0) is 29.2. The van der Waals surface area contributed by atoms with Crippen LogP contribution in [0.3, 0.4) is 0 Å². The first-order chi connectivity index (χ1) is 19.2. The third-order valence-corrected chi connectivity index (χ3v) is 6.84. The molecule has 0 aliphatic carbocycles. The molecule has 2 amide bonds. The minimum atomic E-state index is -1.17. The molecule has 2 aromatic rings. The maximum absolute atomic E-state index is 12.4. The van der Waals surface area contributed by atoms with E-state index in [0.717, 1.165) is 7.14 Å². The van der Waals surface area contributed by atoms with Crippen LogP contribution in [0.4, 0.5) is 4.79 Å². The molecular weight excluding hydrogens is 748 g/mol. The van der Waals surface area contributed by atoms with Crippen molar-refractivity contribution in [3.63, 3.8) is 0 Å². The molecule has 4 N–H and O–H groups in total. The van der Waals surface area contributed by atoms with E-state index < -0.39 is 24.3 Å². The molecule has 1 aliphatic rings. The van der Waals surface area contributed by atoms with E-state index in [-0.39, 0.29) is 18.8 Å². The summed E-state index contributed by atoms with van der Waals surface area (Å²) >= 11 is 4.29. The van der Waals surface area contributed by atoms with Crippen molar-refractivity contribution in [2.45, 2.75) is 26.1 Å². The minimum absolute atomic E-state index is 0.105. The molecule has 0 bridgehead atoms. The Labute approximate surface area is 258 Å². The summed E-state index contributed by atoms with van der Waals surface area (Å²) in [4.78, 5) is 24.5. The summed E-state index contributed by atoms with van der Waals surface area (Å²) < 4.78 is 23.7. The fourth-order valence-electron chi connectivity index (χ4n) is 3.75. The molecular formula is C26H27I2N5O7. The summed E-state index contributed by atoms with van der Waals surface area (Å²) in [6.07, 6.45) is 0.318. The third kappa shape index (κ3) is 8.11. The molecule has 0 saturated carbocycles. The number of hydrogen-bond donors (Lipinski definition) is 4. The van der Waals surface area contributed by atoms with Gasteiger partial charge in [0.2, 0.25) is 0 Å². The third-order valence-electron chi connectivity index (χ3n) is 5.42. The number of amides is 2. The van der Waals surface area contributed by atoms with Crippen LogP contribution in [0, 0.1) is 18.5 Å². The van der Waals surface area contributed by atoms with Gasteiger partial charge in [0, 0.05) is 14.8 Å². The summed E-state index contributed by atoms with van der Waals surface area (Å²) in [5.74, 6) is 0.644. The molecule has 40 heavy (non-hydrogen) atoms. The Morgan fingerprint density at radius 1 is 1.25 bits per heavy atom. The number of methoxy groups -OCH3 is 1. The highest BCUT2D eigenvalue weighted by atomic mass is 127. The Bertz CT molecular complexity index is 1360. The normalized spacial score (nSPS) is 15.5. The van der Waals surface area contributed by atoms with Crippen LogP contribution in [0.15, 0.2) is 46.7 Å². The van der Waals surface area contributed by atoms with Crippen molar-refractivity contribution < 1.29 is 33.6 Å². The minimum Gasteiger partial charge on any atom is -0.490 e. The van der Waals surface area contributed by atoms with Gasteiger partial charge in [0.1, 0.15) is 18.4 Å². The van der Waals surface area contributed by atoms with Crippen molar-refractivity contribution in [2.24, 2.45) is 5.10 Å². The van der Waals surface area contributed by atoms with E-state index in [9.17, 15) is 14.7 Å². The number of allylic oxidation sites excluding steroid dienone is 1.